The minimum atomic E-state index is -0.714. The largest absolute Gasteiger partial charge is 0.493 e. The highest BCUT2D eigenvalue weighted by Crippen LogP contribution is 2.20. The molecule has 27 heavy (non-hydrogen) atoms. The van der Waals surface area contributed by atoms with Crippen LogP contribution in [-0.2, 0) is 0 Å². The van der Waals surface area contributed by atoms with Crippen molar-refractivity contribution in [2.75, 3.05) is 13.1 Å². The quantitative estimate of drug-likeness (QED) is 0.785. The Bertz CT molecular complexity index is 939. The fraction of sp³-hybridized carbons (Fsp3) is 0.421. The average molecular weight is 391 g/mol. The van der Waals surface area contributed by atoms with Crippen LogP contribution in [0.25, 0.3) is 5.69 Å². The number of rotatable bonds is 4. The Morgan fingerprint density at radius 3 is 2.37 bits per heavy atom. The van der Waals surface area contributed by atoms with E-state index in [4.69, 9.17) is 11.6 Å². The molecule has 1 saturated heterocycles. The van der Waals surface area contributed by atoms with Gasteiger partial charge >= 0.3 is 5.69 Å². The number of aromatic hydroxyl groups is 1. The number of halogens is 1. The molecular weight excluding hydrogens is 368 g/mol. The monoisotopic (exact) mass is 390 g/mol. The summed E-state index contributed by atoms with van der Waals surface area (Å²) in [5, 5.41) is 17.8. The van der Waals surface area contributed by atoms with Crippen LogP contribution in [0.2, 0.25) is 5.02 Å². The second-order valence-electron chi connectivity index (χ2n) is 6.54. The van der Waals surface area contributed by atoms with Crippen molar-refractivity contribution in [1.82, 2.24) is 14.6 Å². The Balaban J connectivity index is 2.11. The zero-order chi connectivity index (χ0) is 19.4. The molecule has 2 N–H and O–H groups in total. The molecule has 1 fully saturated rings. The molecule has 1 aliphatic rings. The van der Waals surface area contributed by atoms with Crippen LogP contribution in [-0.4, -0.2) is 38.5 Å². The lowest BCUT2D eigenvalue weighted by molar-refractivity contribution is 0.300. The summed E-state index contributed by atoms with van der Waals surface area (Å²) in [5.41, 5.74) is -0.466. The van der Waals surface area contributed by atoms with E-state index < -0.39 is 17.1 Å². The summed E-state index contributed by atoms with van der Waals surface area (Å²) in [6.07, 6.45) is 4.88. The van der Waals surface area contributed by atoms with Crippen molar-refractivity contribution < 1.29 is 5.11 Å². The van der Waals surface area contributed by atoms with Gasteiger partial charge in [-0.2, -0.15) is 5.10 Å². The van der Waals surface area contributed by atoms with E-state index in [9.17, 15) is 14.7 Å². The first kappa shape index (κ1) is 19.2. The highest BCUT2D eigenvalue weighted by Gasteiger charge is 2.20. The summed E-state index contributed by atoms with van der Waals surface area (Å²) in [6.45, 7) is 3.51. The van der Waals surface area contributed by atoms with Gasteiger partial charge in [-0.05, 0) is 43.5 Å². The molecule has 144 valence electrons. The highest BCUT2D eigenvalue weighted by molar-refractivity contribution is 6.30. The van der Waals surface area contributed by atoms with E-state index in [0.29, 0.717) is 22.8 Å². The molecule has 1 aromatic heterocycles. The number of hydrogen-bond donors (Lipinski definition) is 2. The third-order valence-corrected chi connectivity index (χ3v) is 4.89. The van der Waals surface area contributed by atoms with E-state index >= 15 is 0 Å². The van der Waals surface area contributed by atoms with Crippen molar-refractivity contribution >= 4 is 17.3 Å². The normalized spacial score (nSPS) is 15.6. The average Bonchev–Trinajstić information content (AvgIpc) is 2.90. The fourth-order valence-electron chi connectivity index (χ4n) is 3.24. The van der Waals surface area contributed by atoms with Crippen LogP contribution < -0.4 is 11.2 Å². The predicted molar refractivity (Wildman–Crippen MR) is 106 cm³/mol. The van der Waals surface area contributed by atoms with E-state index in [1.807, 2.05) is 11.9 Å². The molecule has 0 saturated carbocycles. The molecule has 3 rings (SSSR count). The smallest absolute Gasteiger partial charge is 0.335 e. The predicted octanol–water partition coefficient (Wildman–Crippen LogP) is 2.87. The van der Waals surface area contributed by atoms with E-state index in [-0.39, 0.29) is 5.56 Å². The van der Waals surface area contributed by atoms with Crippen LogP contribution in [0.1, 0.15) is 44.6 Å². The summed E-state index contributed by atoms with van der Waals surface area (Å²) in [4.78, 5) is 27.1. The van der Waals surface area contributed by atoms with Crippen molar-refractivity contribution in [1.29, 1.82) is 0 Å². The highest BCUT2D eigenvalue weighted by atomic mass is 35.5. The number of hydrazone groups is 1. The summed E-state index contributed by atoms with van der Waals surface area (Å²) < 4.78 is 1.06. The Labute approximate surface area is 161 Å². The van der Waals surface area contributed by atoms with Crippen LogP contribution in [0.3, 0.4) is 0 Å². The van der Waals surface area contributed by atoms with E-state index in [1.54, 1.807) is 24.3 Å². The van der Waals surface area contributed by atoms with Gasteiger partial charge in [-0.25, -0.2) is 9.36 Å². The zero-order valence-corrected chi connectivity index (χ0v) is 16.0. The molecule has 0 aliphatic carbocycles. The molecule has 0 radical (unpaired) electrons. The van der Waals surface area contributed by atoms with Crippen LogP contribution in [0.5, 0.6) is 5.88 Å². The van der Waals surface area contributed by atoms with Crippen molar-refractivity contribution in [2.24, 2.45) is 5.10 Å². The maximum atomic E-state index is 12.5. The Morgan fingerprint density at radius 2 is 1.78 bits per heavy atom. The number of hydrogen-bond acceptors (Lipinski definition) is 5. The molecule has 0 unspecified atom stereocenters. The van der Waals surface area contributed by atoms with Gasteiger partial charge in [0.25, 0.3) is 5.56 Å². The number of aromatic nitrogens is 2. The number of nitrogens with zero attached hydrogens (tertiary/aromatic N) is 3. The summed E-state index contributed by atoms with van der Waals surface area (Å²) in [7, 11) is 0. The second kappa shape index (κ2) is 8.43. The number of aromatic amines is 1. The molecule has 8 heteroatoms. The van der Waals surface area contributed by atoms with Gasteiger partial charge in [0.15, 0.2) is 0 Å². The third kappa shape index (κ3) is 4.24. The molecule has 2 heterocycles. The number of nitrogens with one attached hydrogen (secondary N) is 1. The van der Waals surface area contributed by atoms with Crippen molar-refractivity contribution in [3.63, 3.8) is 0 Å². The number of benzene rings is 1. The molecule has 2 aromatic rings. The molecule has 1 aromatic carbocycles. The lowest BCUT2D eigenvalue weighted by Gasteiger charge is -2.19. The van der Waals surface area contributed by atoms with Crippen molar-refractivity contribution in [3.05, 3.63) is 55.7 Å². The molecule has 1 aliphatic heterocycles. The van der Waals surface area contributed by atoms with Gasteiger partial charge in [-0.15, -0.1) is 0 Å². The first-order valence-electron chi connectivity index (χ1n) is 9.18. The minimum Gasteiger partial charge on any atom is -0.493 e. The summed E-state index contributed by atoms with van der Waals surface area (Å²) in [5.74, 6) is -0.415. The van der Waals surface area contributed by atoms with Crippen LogP contribution in [0, 0.1) is 0 Å². The molecular formula is C19H23ClN4O3. The van der Waals surface area contributed by atoms with Gasteiger partial charge in [-0.1, -0.05) is 31.4 Å². The first-order chi connectivity index (χ1) is 13.0. The Hall–Kier alpha value is -2.54. The van der Waals surface area contributed by atoms with Crippen LogP contribution in [0.4, 0.5) is 0 Å². The first-order valence-corrected chi connectivity index (χ1v) is 9.56. The Morgan fingerprint density at radius 1 is 1.15 bits per heavy atom. The van der Waals surface area contributed by atoms with Crippen LogP contribution >= 0.6 is 11.6 Å². The van der Waals surface area contributed by atoms with E-state index in [2.05, 4.69) is 10.1 Å². The fourth-order valence-corrected chi connectivity index (χ4v) is 3.36. The van der Waals surface area contributed by atoms with Crippen molar-refractivity contribution in [2.45, 2.75) is 39.0 Å². The maximum Gasteiger partial charge on any atom is 0.335 e. The zero-order valence-electron chi connectivity index (χ0n) is 15.2. The molecule has 0 spiro atoms. The van der Waals surface area contributed by atoms with Gasteiger partial charge < -0.3 is 5.11 Å². The lowest BCUT2D eigenvalue weighted by atomic mass is 10.1. The standard InChI is InChI=1S/C19H23ClN4O3/c1-2-15(22-23-11-5-3-4-6-12-23)16-17(25)21-19(27)24(18(16)26)14-9-7-13(20)8-10-14/h7-10,26H,2-6,11-12H2,1H3,(H,21,25,27)/b22-15+. The molecule has 0 bridgehead atoms. The van der Waals surface area contributed by atoms with Gasteiger partial charge in [-0.3, -0.25) is 14.8 Å². The van der Waals surface area contributed by atoms with E-state index in [0.717, 1.165) is 30.5 Å². The lowest BCUT2D eigenvalue weighted by Crippen LogP contribution is -2.34. The maximum absolute atomic E-state index is 12.5. The Kier molecular flexibility index (Phi) is 6.01. The summed E-state index contributed by atoms with van der Waals surface area (Å²) in [6, 6.07) is 6.42. The second-order valence-corrected chi connectivity index (χ2v) is 6.97. The van der Waals surface area contributed by atoms with Gasteiger partial charge in [0.2, 0.25) is 5.88 Å². The van der Waals surface area contributed by atoms with Gasteiger partial charge in [0.05, 0.1) is 11.4 Å². The number of H-pyrrole nitrogens is 1. The molecule has 0 atom stereocenters. The third-order valence-electron chi connectivity index (χ3n) is 4.64. The minimum absolute atomic E-state index is 0.0243. The van der Waals surface area contributed by atoms with Crippen molar-refractivity contribution in [3.8, 4) is 11.6 Å². The van der Waals surface area contributed by atoms with E-state index in [1.165, 1.54) is 12.8 Å². The van der Waals surface area contributed by atoms with Gasteiger partial charge in [0.1, 0.15) is 5.56 Å². The molecule has 7 nitrogen and oxygen atoms in total. The van der Waals surface area contributed by atoms with Crippen LogP contribution in [0.15, 0.2) is 39.0 Å². The summed E-state index contributed by atoms with van der Waals surface area (Å²) >= 11 is 5.90. The molecule has 0 amide bonds. The topological polar surface area (TPSA) is 90.7 Å². The van der Waals surface area contributed by atoms with Gasteiger partial charge in [0, 0.05) is 18.1 Å². The SMILES string of the molecule is CC/C(=N\N1CCCCCC1)c1c(O)n(-c2ccc(Cl)cc2)c(=O)[nH]c1=O.